The van der Waals surface area contributed by atoms with E-state index >= 15 is 0 Å². The largest absolute Gasteiger partial charge is 0.441 e. The second kappa shape index (κ2) is 10.1. The van der Waals surface area contributed by atoms with E-state index in [1.807, 2.05) is 36.4 Å². The molecule has 1 atom stereocenters. The molecule has 0 aliphatic rings. The molecule has 3 aromatic rings. The van der Waals surface area contributed by atoms with Crippen molar-refractivity contribution in [3.05, 3.63) is 75.6 Å². The van der Waals surface area contributed by atoms with Crippen molar-refractivity contribution in [2.75, 3.05) is 12.3 Å². The lowest BCUT2D eigenvalue weighted by atomic mass is 10.1. The lowest BCUT2D eigenvalue weighted by Crippen LogP contribution is -2.30. The zero-order valence-electron chi connectivity index (χ0n) is 15.8. The Labute approximate surface area is 181 Å². The van der Waals surface area contributed by atoms with Crippen LogP contribution in [0.25, 0.3) is 11.5 Å². The molecule has 8 heteroatoms. The lowest BCUT2D eigenvalue weighted by Gasteiger charge is -2.05. The first-order chi connectivity index (χ1) is 13.9. The van der Waals surface area contributed by atoms with Gasteiger partial charge < -0.3 is 9.73 Å². The molecule has 0 bridgehead atoms. The van der Waals surface area contributed by atoms with Crippen LogP contribution >= 0.6 is 23.2 Å². The van der Waals surface area contributed by atoms with Crippen LogP contribution in [0, 0.1) is 6.92 Å². The standard InChI is InChI=1S/C21H20Cl2N2O3S/c1-14-19(25-21(28-14)16-4-8-18(23)9-5-16)12-29(27)13-20(26)24-11-10-15-2-6-17(22)7-3-15/h2-9H,10-13H2,1H3,(H,24,26). The first-order valence-corrected chi connectivity index (χ1v) is 11.2. The summed E-state index contributed by atoms with van der Waals surface area (Å²) in [5, 5.41) is 4.09. The molecule has 3 rings (SSSR count). The van der Waals surface area contributed by atoms with E-state index in [-0.39, 0.29) is 17.4 Å². The molecule has 1 unspecified atom stereocenters. The number of halogens is 2. The van der Waals surface area contributed by atoms with Gasteiger partial charge in [-0.2, -0.15) is 0 Å². The maximum Gasteiger partial charge on any atom is 0.232 e. The van der Waals surface area contributed by atoms with E-state index < -0.39 is 10.8 Å². The summed E-state index contributed by atoms with van der Waals surface area (Å²) in [6, 6.07) is 14.6. The van der Waals surface area contributed by atoms with Gasteiger partial charge in [0, 0.05) is 33.0 Å². The van der Waals surface area contributed by atoms with Crippen LogP contribution in [0.1, 0.15) is 17.0 Å². The topological polar surface area (TPSA) is 72.2 Å². The summed E-state index contributed by atoms with van der Waals surface area (Å²) in [5.41, 5.74) is 2.44. The third-order valence-corrected chi connectivity index (χ3v) is 5.91. The molecular weight excluding hydrogens is 431 g/mol. The highest BCUT2D eigenvalue weighted by molar-refractivity contribution is 7.84. The Kier molecular flexibility index (Phi) is 7.47. The van der Waals surface area contributed by atoms with Crippen molar-refractivity contribution in [1.82, 2.24) is 10.3 Å². The number of amides is 1. The normalized spacial score (nSPS) is 12.0. The second-order valence-corrected chi connectivity index (χ2v) is 8.81. The van der Waals surface area contributed by atoms with Gasteiger partial charge in [0.05, 0.1) is 11.4 Å². The third-order valence-electron chi connectivity index (χ3n) is 4.22. The summed E-state index contributed by atoms with van der Waals surface area (Å²) in [6.07, 6.45) is 0.683. The van der Waals surface area contributed by atoms with Gasteiger partial charge in [-0.15, -0.1) is 0 Å². The van der Waals surface area contributed by atoms with Crippen molar-refractivity contribution >= 4 is 39.9 Å². The minimum atomic E-state index is -1.38. The molecule has 29 heavy (non-hydrogen) atoms. The Bertz CT molecular complexity index is 1000. The van der Waals surface area contributed by atoms with Crippen molar-refractivity contribution in [2.45, 2.75) is 19.1 Å². The number of aromatic nitrogens is 1. The van der Waals surface area contributed by atoms with Crippen LogP contribution in [-0.4, -0.2) is 27.4 Å². The first kappa shape index (κ1) is 21.6. The maximum atomic E-state index is 12.4. The number of nitrogens with zero attached hydrogens (tertiary/aromatic N) is 1. The van der Waals surface area contributed by atoms with E-state index in [0.29, 0.717) is 40.4 Å². The predicted octanol–water partition coefficient (Wildman–Crippen LogP) is 4.56. The van der Waals surface area contributed by atoms with Crippen molar-refractivity contribution < 1.29 is 13.4 Å². The molecule has 1 amide bonds. The maximum absolute atomic E-state index is 12.4. The number of nitrogens with one attached hydrogen (secondary N) is 1. The van der Waals surface area contributed by atoms with E-state index in [9.17, 15) is 9.00 Å². The Morgan fingerprint density at radius 3 is 2.34 bits per heavy atom. The lowest BCUT2D eigenvalue weighted by molar-refractivity contribution is -0.118. The van der Waals surface area contributed by atoms with E-state index in [4.69, 9.17) is 27.6 Å². The van der Waals surface area contributed by atoms with Crippen LogP contribution in [0.5, 0.6) is 0 Å². The summed E-state index contributed by atoms with van der Waals surface area (Å²) >= 11 is 11.7. The van der Waals surface area contributed by atoms with Gasteiger partial charge in [0.25, 0.3) is 0 Å². The van der Waals surface area contributed by atoms with Gasteiger partial charge in [-0.25, -0.2) is 4.98 Å². The van der Waals surface area contributed by atoms with Crippen molar-refractivity contribution in [1.29, 1.82) is 0 Å². The van der Waals surface area contributed by atoms with E-state index in [0.717, 1.165) is 11.1 Å². The Balaban J connectivity index is 1.49. The SMILES string of the molecule is Cc1oc(-c2ccc(Cl)cc2)nc1CS(=O)CC(=O)NCCc1ccc(Cl)cc1. The van der Waals surface area contributed by atoms with Crippen LogP contribution in [0.4, 0.5) is 0 Å². The third kappa shape index (κ3) is 6.42. The predicted molar refractivity (Wildman–Crippen MR) is 117 cm³/mol. The average molecular weight is 451 g/mol. The van der Waals surface area contributed by atoms with Crippen molar-refractivity contribution in [2.24, 2.45) is 0 Å². The van der Waals surface area contributed by atoms with Gasteiger partial charge >= 0.3 is 0 Å². The fourth-order valence-electron chi connectivity index (χ4n) is 2.68. The highest BCUT2D eigenvalue weighted by atomic mass is 35.5. The van der Waals surface area contributed by atoms with E-state index in [2.05, 4.69) is 10.3 Å². The number of benzene rings is 2. The molecule has 0 saturated heterocycles. The minimum absolute atomic E-state index is 0.0802. The van der Waals surface area contributed by atoms with E-state index in [1.54, 1.807) is 19.1 Å². The van der Waals surface area contributed by atoms with Crippen molar-refractivity contribution in [3.8, 4) is 11.5 Å². The zero-order valence-corrected chi connectivity index (χ0v) is 18.1. The summed E-state index contributed by atoms with van der Waals surface area (Å²) in [4.78, 5) is 16.5. The molecule has 1 heterocycles. The highest BCUT2D eigenvalue weighted by Gasteiger charge is 2.16. The molecule has 0 saturated carbocycles. The number of hydrogen-bond acceptors (Lipinski definition) is 4. The van der Waals surface area contributed by atoms with Gasteiger partial charge in [0.1, 0.15) is 11.5 Å². The Morgan fingerprint density at radius 2 is 1.69 bits per heavy atom. The molecule has 1 N–H and O–H groups in total. The number of rotatable bonds is 8. The molecule has 5 nitrogen and oxygen atoms in total. The fraction of sp³-hybridized carbons (Fsp3) is 0.238. The average Bonchev–Trinajstić information content (AvgIpc) is 3.04. The van der Waals surface area contributed by atoms with Crippen LogP contribution in [0.2, 0.25) is 10.0 Å². The summed E-state index contributed by atoms with van der Waals surface area (Å²) < 4.78 is 18.0. The first-order valence-electron chi connectivity index (χ1n) is 8.99. The monoisotopic (exact) mass is 450 g/mol. The fourth-order valence-corrected chi connectivity index (χ4v) is 4.00. The van der Waals surface area contributed by atoms with Crippen molar-refractivity contribution in [3.63, 3.8) is 0 Å². The molecule has 0 aliphatic heterocycles. The van der Waals surface area contributed by atoms with Crippen LogP contribution in [-0.2, 0) is 27.8 Å². The van der Waals surface area contributed by atoms with Gasteiger partial charge in [-0.1, -0.05) is 35.3 Å². The Hall–Kier alpha value is -2.15. The number of oxazole rings is 1. The second-order valence-electron chi connectivity index (χ2n) is 6.48. The number of carbonyl (C=O) groups excluding carboxylic acids is 1. The van der Waals surface area contributed by atoms with Crippen LogP contribution in [0.15, 0.2) is 52.9 Å². The smallest absolute Gasteiger partial charge is 0.232 e. The van der Waals surface area contributed by atoms with Gasteiger partial charge in [0.2, 0.25) is 11.8 Å². The molecule has 152 valence electrons. The summed E-state index contributed by atoms with van der Waals surface area (Å²) in [5.74, 6) is 0.859. The molecule has 0 spiro atoms. The van der Waals surface area contributed by atoms with Gasteiger partial charge in [0.15, 0.2) is 0 Å². The van der Waals surface area contributed by atoms with Gasteiger partial charge in [-0.05, 0) is 55.3 Å². The summed E-state index contributed by atoms with van der Waals surface area (Å²) in [7, 11) is -1.38. The quantitative estimate of drug-likeness (QED) is 0.545. The Morgan fingerprint density at radius 1 is 1.07 bits per heavy atom. The van der Waals surface area contributed by atoms with Gasteiger partial charge in [-0.3, -0.25) is 9.00 Å². The van der Waals surface area contributed by atoms with E-state index in [1.165, 1.54) is 0 Å². The number of carbonyl (C=O) groups is 1. The zero-order chi connectivity index (χ0) is 20.8. The molecular formula is C21H20Cl2N2O3S. The number of aryl methyl sites for hydroxylation is 1. The number of hydrogen-bond donors (Lipinski definition) is 1. The molecule has 1 aromatic heterocycles. The highest BCUT2D eigenvalue weighted by Crippen LogP contribution is 2.24. The molecule has 0 aliphatic carbocycles. The van der Waals surface area contributed by atoms with Crippen LogP contribution < -0.4 is 5.32 Å². The molecule has 0 radical (unpaired) electrons. The molecule has 2 aromatic carbocycles. The summed E-state index contributed by atoms with van der Waals surface area (Å²) in [6.45, 7) is 2.24. The molecule has 0 fully saturated rings. The minimum Gasteiger partial charge on any atom is -0.441 e. The van der Waals surface area contributed by atoms with Crippen LogP contribution in [0.3, 0.4) is 0 Å².